The first kappa shape index (κ1) is 39.4. The van der Waals surface area contributed by atoms with Crippen molar-refractivity contribution in [2.24, 2.45) is 23.7 Å². The molecule has 4 heterocycles. The van der Waals surface area contributed by atoms with E-state index in [9.17, 15) is 10.2 Å². The highest BCUT2D eigenvalue weighted by Gasteiger charge is 2.42. The molecule has 0 radical (unpaired) electrons. The topological polar surface area (TPSA) is 172 Å². The number of fused-ring (bicyclic) bond motifs is 6. The van der Waals surface area contributed by atoms with Gasteiger partial charge in [0.2, 0.25) is 6.33 Å². The normalized spacial score (nSPS) is 21.8. The Morgan fingerprint density at radius 3 is 1.92 bits per heavy atom. The van der Waals surface area contributed by atoms with Gasteiger partial charge in [-0.25, -0.2) is 14.5 Å². The van der Waals surface area contributed by atoms with Gasteiger partial charge in [0.25, 0.3) is 0 Å². The van der Waals surface area contributed by atoms with Gasteiger partial charge in [0, 0.05) is 28.5 Å². The average Bonchev–Trinajstić information content (AvgIpc) is 3.86. The first-order valence-electron chi connectivity index (χ1n) is 17.2. The van der Waals surface area contributed by atoms with E-state index in [-0.39, 0.29) is 65.0 Å². The summed E-state index contributed by atoms with van der Waals surface area (Å²) in [6.45, 7) is 4.42. The molecular weight excluding hydrogens is 628 g/mol. The molecule has 8 rings (SSSR count). The van der Waals surface area contributed by atoms with E-state index in [1.54, 1.807) is 0 Å². The fourth-order valence-electron chi connectivity index (χ4n) is 9.06. The summed E-state index contributed by atoms with van der Waals surface area (Å²) in [5.74, 6) is 1.37. The van der Waals surface area contributed by atoms with E-state index in [0.29, 0.717) is 11.8 Å². The zero-order valence-electron chi connectivity index (χ0n) is 28.2. The number of aromatic amines is 1. The fourth-order valence-corrected chi connectivity index (χ4v) is 9.06. The van der Waals surface area contributed by atoms with Gasteiger partial charge in [-0.1, -0.05) is 101 Å². The number of hydrogen-bond donors (Lipinski definition) is 3. The van der Waals surface area contributed by atoms with Crippen molar-refractivity contribution in [1.29, 1.82) is 0 Å². The zero-order valence-corrected chi connectivity index (χ0v) is 29.0. The molecule has 0 amide bonds. The van der Waals surface area contributed by atoms with E-state index in [2.05, 4.69) is 87.7 Å². The lowest BCUT2D eigenvalue weighted by Crippen LogP contribution is -3.00. The predicted octanol–water partition coefficient (Wildman–Crippen LogP) is 2.01. The van der Waals surface area contributed by atoms with Crippen LogP contribution in [0.15, 0.2) is 73.6 Å². The maximum absolute atomic E-state index is 11.0. The van der Waals surface area contributed by atoms with Crippen molar-refractivity contribution in [1.82, 2.24) is 14.5 Å². The molecule has 9 nitrogen and oxygen atoms in total. The highest BCUT2D eigenvalue weighted by atomic mass is 35.5. The molecule has 6 atom stereocenters. The summed E-state index contributed by atoms with van der Waals surface area (Å²) in [6.07, 6.45) is 20.0. The van der Waals surface area contributed by atoms with Crippen molar-refractivity contribution in [2.75, 3.05) is 0 Å². The number of aliphatic hydroxyl groups excluding tert-OH is 2. The number of imidazole rings is 2. The predicted molar refractivity (Wildman–Crippen MR) is 185 cm³/mol. The first-order valence-corrected chi connectivity index (χ1v) is 17.2. The van der Waals surface area contributed by atoms with Gasteiger partial charge in [-0.2, -0.15) is 0 Å². The smallest absolute Gasteiger partial charge is 0.242 e. The van der Waals surface area contributed by atoms with Crippen LogP contribution in [0.2, 0.25) is 0 Å². The Balaban J connectivity index is 0.000000240. The lowest BCUT2D eigenvalue weighted by molar-refractivity contribution is -0.705. The van der Waals surface area contributed by atoms with Crippen molar-refractivity contribution in [3.8, 4) is 22.5 Å². The second kappa shape index (κ2) is 17.1. The lowest BCUT2D eigenvalue weighted by atomic mass is 9.77. The molecule has 0 unspecified atom stereocenters. The third-order valence-electron chi connectivity index (χ3n) is 11.4. The minimum Gasteiger partial charge on any atom is -1.00 e. The Morgan fingerprint density at radius 2 is 1.29 bits per heavy atom. The van der Waals surface area contributed by atoms with Crippen LogP contribution < -0.4 is 17.0 Å². The Labute approximate surface area is 290 Å². The molecule has 2 aliphatic heterocycles. The van der Waals surface area contributed by atoms with Crippen LogP contribution in [0.5, 0.6) is 0 Å². The van der Waals surface area contributed by atoms with Crippen LogP contribution in [-0.2, 0) is 0 Å². The van der Waals surface area contributed by atoms with Crippen LogP contribution >= 0.6 is 0 Å². The molecule has 2 aromatic carbocycles. The molecule has 0 saturated heterocycles. The lowest BCUT2D eigenvalue weighted by Gasteiger charge is -2.34. The van der Waals surface area contributed by atoms with Gasteiger partial charge in [0.05, 0.1) is 36.5 Å². The number of halogens is 1. The monoisotopic (exact) mass is 682 g/mol. The number of hydrogen-bond acceptors (Lipinski definition) is 3. The maximum atomic E-state index is 11.0. The van der Waals surface area contributed by atoms with Crippen molar-refractivity contribution < 1.29 is 43.6 Å². The number of benzene rings is 2. The Kier molecular flexibility index (Phi) is 14.0. The third-order valence-corrected chi connectivity index (χ3v) is 11.4. The Bertz CT molecular complexity index is 1450. The molecule has 48 heavy (non-hydrogen) atoms. The highest BCUT2D eigenvalue weighted by Crippen LogP contribution is 2.45. The first-order chi connectivity index (χ1) is 21.5. The standard InChI is InChI=1S/2C19H24N2O.ClH.3H2O/c2*1-13(19(22)14-7-3-2-4-8-14)18-16-10-6-5-9-15(16)17-11-20-12-21(17)18;;;;/h2*5-6,9-14,18-19,22H,2-4,7-8H2,1H3;1H;3*1H2/t2*13-,18+,19-;;;;/m11..../s1. The Hall–Kier alpha value is -3.05. The quantitative estimate of drug-likeness (QED) is 0.265. The van der Waals surface area contributed by atoms with Crippen LogP contribution in [0.1, 0.15) is 101 Å². The summed E-state index contributed by atoms with van der Waals surface area (Å²) >= 11 is 0. The van der Waals surface area contributed by atoms with E-state index in [1.165, 1.54) is 97.8 Å². The summed E-state index contributed by atoms with van der Waals surface area (Å²) in [7, 11) is 0. The number of aromatic nitrogens is 4. The maximum Gasteiger partial charge on any atom is 0.242 e. The molecule has 264 valence electrons. The van der Waals surface area contributed by atoms with Crippen molar-refractivity contribution in [2.45, 2.75) is 102 Å². The fraction of sp³-hybridized carbons (Fsp3) is 0.526. The molecule has 4 aromatic rings. The van der Waals surface area contributed by atoms with Crippen molar-refractivity contribution in [3.63, 3.8) is 0 Å². The van der Waals surface area contributed by atoms with Gasteiger partial charge < -0.3 is 43.6 Å². The van der Waals surface area contributed by atoms with Gasteiger partial charge in [-0.15, -0.1) is 0 Å². The molecule has 0 bridgehead atoms. The Morgan fingerprint density at radius 1 is 0.750 bits per heavy atom. The van der Waals surface area contributed by atoms with Crippen LogP contribution in [0.25, 0.3) is 22.5 Å². The molecular formula is C38H55ClN4O5. The molecule has 0 spiro atoms. The van der Waals surface area contributed by atoms with E-state index < -0.39 is 0 Å². The second-order valence-corrected chi connectivity index (χ2v) is 14.0. The van der Waals surface area contributed by atoms with Crippen molar-refractivity contribution in [3.05, 3.63) is 84.7 Å². The third kappa shape index (κ3) is 7.13. The average molecular weight is 683 g/mol. The van der Waals surface area contributed by atoms with Gasteiger partial charge in [-0.05, 0) is 43.1 Å². The minimum atomic E-state index is -0.230. The summed E-state index contributed by atoms with van der Waals surface area (Å²) in [6, 6.07) is 17.6. The molecule has 4 aliphatic rings. The van der Waals surface area contributed by atoms with E-state index in [1.807, 2.05) is 18.9 Å². The van der Waals surface area contributed by atoms with Crippen LogP contribution in [-0.4, -0.2) is 53.4 Å². The summed E-state index contributed by atoms with van der Waals surface area (Å²) in [5.41, 5.74) is 7.69. The number of rotatable bonds is 6. The number of aliphatic hydroxyl groups is 2. The van der Waals surface area contributed by atoms with E-state index in [4.69, 9.17) is 0 Å². The molecule has 10 heteroatoms. The van der Waals surface area contributed by atoms with Gasteiger partial charge in [0.15, 0.2) is 5.69 Å². The molecule has 2 aliphatic carbocycles. The van der Waals surface area contributed by atoms with Crippen LogP contribution in [0.3, 0.4) is 0 Å². The van der Waals surface area contributed by atoms with Gasteiger partial charge >= 0.3 is 0 Å². The number of nitrogens with one attached hydrogen (secondary N) is 1. The number of nitrogens with zero attached hydrogens (tertiary/aromatic N) is 3. The number of H-pyrrole nitrogens is 1. The summed E-state index contributed by atoms with van der Waals surface area (Å²) in [5, 5.41) is 21.9. The minimum absolute atomic E-state index is 0. The van der Waals surface area contributed by atoms with E-state index >= 15 is 0 Å². The van der Waals surface area contributed by atoms with E-state index in [0.717, 1.165) is 0 Å². The summed E-state index contributed by atoms with van der Waals surface area (Å²) in [4.78, 5) is 7.55. The molecule has 2 saturated carbocycles. The largest absolute Gasteiger partial charge is 1.00 e. The van der Waals surface area contributed by atoms with Gasteiger partial charge in [-0.3, -0.25) is 0 Å². The zero-order chi connectivity index (χ0) is 30.2. The molecule has 9 N–H and O–H groups in total. The molecule has 2 fully saturated rings. The van der Waals surface area contributed by atoms with Gasteiger partial charge in [0.1, 0.15) is 12.2 Å². The second-order valence-electron chi connectivity index (χ2n) is 14.0. The van der Waals surface area contributed by atoms with Crippen LogP contribution in [0, 0.1) is 23.7 Å². The highest BCUT2D eigenvalue weighted by molar-refractivity contribution is 5.69. The molecule has 2 aromatic heterocycles. The van der Waals surface area contributed by atoms with Crippen LogP contribution in [0.4, 0.5) is 0 Å². The summed E-state index contributed by atoms with van der Waals surface area (Å²) < 4.78 is 4.56. The van der Waals surface area contributed by atoms with Crippen molar-refractivity contribution >= 4 is 0 Å². The SMILES string of the molecule is C[C@H]([C@H]1c2ccccc2-c2c[nH]c[n+]21)[C@@H](O)C1CCCCC1.C[C@H]([C@H]1c2ccccc2-c2cncn21)[C@@H](O)C1CCCCC1.O.O.O.[Cl-].